The lowest BCUT2D eigenvalue weighted by Crippen LogP contribution is -2.42. The van der Waals surface area contributed by atoms with Crippen LogP contribution in [-0.4, -0.2) is 43.9 Å². The Bertz CT molecular complexity index is 860. The standard InChI is InChI=1S/C22H27FN4O3/c1-25-21(29)14-27-22(30)18(15-7-3-2-4-8-15)13-26-20(28)12-17(24)11-16-9-5-6-10-19(16)23/h2-10,17-18H,11-14,24H2,1H3,(H,25,29)(H,26,28)(H,27,30)/t17-,18-/m1/s1. The van der Waals surface area contributed by atoms with E-state index < -0.39 is 12.0 Å². The molecule has 0 saturated carbocycles. The maximum absolute atomic E-state index is 13.7. The Hall–Kier alpha value is -3.26. The van der Waals surface area contributed by atoms with Crippen molar-refractivity contribution >= 4 is 17.7 Å². The lowest BCUT2D eigenvalue weighted by Gasteiger charge is -2.19. The number of nitrogens with one attached hydrogen (secondary N) is 3. The molecule has 2 atom stereocenters. The van der Waals surface area contributed by atoms with Crippen molar-refractivity contribution in [1.29, 1.82) is 0 Å². The number of likely N-dealkylation sites (N-methyl/N-ethyl adjacent to an activating group) is 1. The van der Waals surface area contributed by atoms with Gasteiger partial charge in [-0.25, -0.2) is 4.39 Å². The van der Waals surface area contributed by atoms with Gasteiger partial charge in [0.25, 0.3) is 0 Å². The fraction of sp³-hybridized carbons (Fsp3) is 0.318. The number of rotatable bonds is 10. The van der Waals surface area contributed by atoms with Crippen LogP contribution in [0.4, 0.5) is 4.39 Å². The maximum atomic E-state index is 13.7. The third-order valence-electron chi connectivity index (χ3n) is 4.61. The summed E-state index contributed by atoms with van der Waals surface area (Å²) in [5, 5.41) is 7.72. The van der Waals surface area contributed by atoms with Crippen LogP contribution in [-0.2, 0) is 20.8 Å². The monoisotopic (exact) mass is 414 g/mol. The molecule has 3 amide bonds. The molecule has 0 aliphatic carbocycles. The van der Waals surface area contributed by atoms with Crippen LogP contribution < -0.4 is 21.7 Å². The third kappa shape index (κ3) is 7.29. The second kappa shape index (κ2) is 11.7. The van der Waals surface area contributed by atoms with Crippen molar-refractivity contribution < 1.29 is 18.8 Å². The quantitative estimate of drug-likeness (QED) is 0.462. The Kier molecular flexibility index (Phi) is 8.96. The van der Waals surface area contributed by atoms with Gasteiger partial charge in [0.15, 0.2) is 0 Å². The van der Waals surface area contributed by atoms with Gasteiger partial charge in [0.2, 0.25) is 17.7 Å². The fourth-order valence-corrected chi connectivity index (χ4v) is 2.97. The summed E-state index contributed by atoms with van der Waals surface area (Å²) in [6.45, 7) is -0.102. The van der Waals surface area contributed by atoms with Crippen LogP contribution in [0.25, 0.3) is 0 Å². The van der Waals surface area contributed by atoms with Crippen molar-refractivity contribution in [3.05, 3.63) is 71.5 Å². The molecule has 0 saturated heterocycles. The average Bonchev–Trinajstić information content (AvgIpc) is 2.74. The second-order valence-electron chi connectivity index (χ2n) is 6.92. The third-order valence-corrected chi connectivity index (χ3v) is 4.61. The highest BCUT2D eigenvalue weighted by molar-refractivity contribution is 5.89. The molecule has 0 heterocycles. The van der Waals surface area contributed by atoms with Gasteiger partial charge in [0.05, 0.1) is 12.5 Å². The molecule has 0 unspecified atom stereocenters. The van der Waals surface area contributed by atoms with Crippen LogP contribution in [0.1, 0.15) is 23.5 Å². The van der Waals surface area contributed by atoms with Crippen molar-refractivity contribution in [2.75, 3.05) is 20.1 Å². The van der Waals surface area contributed by atoms with E-state index in [1.54, 1.807) is 42.5 Å². The summed E-state index contributed by atoms with van der Waals surface area (Å²) in [6, 6.07) is 14.7. The normalized spacial score (nSPS) is 12.5. The number of amides is 3. The Morgan fingerprint density at radius 3 is 2.30 bits per heavy atom. The SMILES string of the molecule is CNC(=O)CNC(=O)[C@H](CNC(=O)C[C@H](N)Cc1ccccc1F)c1ccccc1. The number of hydrogen-bond donors (Lipinski definition) is 4. The molecule has 0 radical (unpaired) electrons. The summed E-state index contributed by atoms with van der Waals surface area (Å²) in [7, 11) is 1.48. The molecule has 2 aromatic rings. The lowest BCUT2D eigenvalue weighted by atomic mass is 9.97. The molecule has 0 aliphatic heterocycles. The summed E-state index contributed by atoms with van der Waals surface area (Å²) in [4.78, 5) is 36.3. The molecule has 0 bridgehead atoms. The first-order chi connectivity index (χ1) is 14.4. The van der Waals surface area contributed by atoms with E-state index in [1.807, 2.05) is 6.07 Å². The summed E-state index contributed by atoms with van der Waals surface area (Å²) < 4.78 is 13.7. The van der Waals surface area contributed by atoms with Crippen molar-refractivity contribution in [2.24, 2.45) is 5.73 Å². The van der Waals surface area contributed by atoms with Crippen molar-refractivity contribution in [3.8, 4) is 0 Å². The summed E-state index contributed by atoms with van der Waals surface area (Å²) in [5.74, 6) is -2.05. The summed E-state index contributed by atoms with van der Waals surface area (Å²) in [6.07, 6.45) is 0.227. The number of halogens is 1. The Balaban J connectivity index is 1.93. The molecule has 2 aromatic carbocycles. The Morgan fingerprint density at radius 1 is 0.967 bits per heavy atom. The van der Waals surface area contributed by atoms with Crippen molar-refractivity contribution in [3.63, 3.8) is 0 Å². The molecule has 0 spiro atoms. The van der Waals surface area contributed by atoms with E-state index in [2.05, 4.69) is 16.0 Å². The lowest BCUT2D eigenvalue weighted by molar-refractivity contribution is -0.127. The molecular weight excluding hydrogens is 387 g/mol. The second-order valence-corrected chi connectivity index (χ2v) is 6.92. The van der Waals surface area contributed by atoms with Gasteiger partial charge < -0.3 is 21.7 Å². The van der Waals surface area contributed by atoms with Gasteiger partial charge in [-0.15, -0.1) is 0 Å². The van der Waals surface area contributed by atoms with Crippen molar-refractivity contribution in [2.45, 2.75) is 24.8 Å². The van der Waals surface area contributed by atoms with Gasteiger partial charge >= 0.3 is 0 Å². The smallest absolute Gasteiger partial charge is 0.239 e. The van der Waals surface area contributed by atoms with Crippen LogP contribution in [0.2, 0.25) is 0 Å². The summed E-state index contributed by atoms with van der Waals surface area (Å²) >= 11 is 0. The zero-order chi connectivity index (χ0) is 21.9. The average molecular weight is 414 g/mol. The zero-order valence-corrected chi connectivity index (χ0v) is 16.9. The van der Waals surface area contributed by atoms with Gasteiger partial charge in [-0.05, 0) is 23.6 Å². The minimum Gasteiger partial charge on any atom is -0.358 e. The number of hydrogen-bond acceptors (Lipinski definition) is 4. The number of carbonyl (C=O) groups excluding carboxylic acids is 3. The Labute approximate surface area is 175 Å². The largest absolute Gasteiger partial charge is 0.358 e. The molecular formula is C22H27FN4O3. The van der Waals surface area contributed by atoms with Crippen LogP contribution >= 0.6 is 0 Å². The molecule has 30 heavy (non-hydrogen) atoms. The van der Waals surface area contributed by atoms with Gasteiger partial charge in [-0.2, -0.15) is 0 Å². The zero-order valence-electron chi connectivity index (χ0n) is 16.9. The highest BCUT2D eigenvalue weighted by Gasteiger charge is 2.22. The first-order valence-corrected chi connectivity index (χ1v) is 9.69. The number of nitrogens with two attached hydrogens (primary N) is 1. The van der Waals surface area contributed by atoms with E-state index in [9.17, 15) is 18.8 Å². The van der Waals surface area contributed by atoms with Crippen LogP contribution in [0, 0.1) is 5.82 Å². The molecule has 0 aliphatic rings. The van der Waals surface area contributed by atoms with Gasteiger partial charge in [-0.1, -0.05) is 48.5 Å². The molecule has 7 nitrogen and oxygen atoms in total. The van der Waals surface area contributed by atoms with E-state index in [4.69, 9.17) is 5.73 Å². The minimum absolute atomic E-state index is 0.00426. The molecule has 8 heteroatoms. The van der Waals surface area contributed by atoms with Crippen molar-refractivity contribution in [1.82, 2.24) is 16.0 Å². The molecule has 2 rings (SSSR count). The summed E-state index contributed by atoms with van der Waals surface area (Å²) in [5.41, 5.74) is 7.16. The highest BCUT2D eigenvalue weighted by atomic mass is 19.1. The number of benzene rings is 2. The van der Waals surface area contributed by atoms with Gasteiger partial charge in [0.1, 0.15) is 5.82 Å². The molecule has 5 N–H and O–H groups in total. The van der Waals surface area contributed by atoms with E-state index in [0.29, 0.717) is 11.1 Å². The van der Waals surface area contributed by atoms with Crippen LogP contribution in [0.15, 0.2) is 54.6 Å². The predicted molar refractivity (Wildman–Crippen MR) is 112 cm³/mol. The van der Waals surface area contributed by atoms with Crippen LogP contribution in [0.3, 0.4) is 0 Å². The van der Waals surface area contributed by atoms with Gasteiger partial charge in [-0.3, -0.25) is 14.4 Å². The first-order valence-electron chi connectivity index (χ1n) is 9.69. The van der Waals surface area contributed by atoms with Gasteiger partial charge in [0, 0.05) is 26.1 Å². The molecule has 0 fully saturated rings. The number of carbonyl (C=O) groups is 3. The fourth-order valence-electron chi connectivity index (χ4n) is 2.97. The van der Waals surface area contributed by atoms with E-state index in [-0.39, 0.29) is 49.5 Å². The van der Waals surface area contributed by atoms with E-state index in [1.165, 1.54) is 13.1 Å². The first kappa shape index (κ1) is 23.0. The highest BCUT2D eigenvalue weighted by Crippen LogP contribution is 2.15. The topological polar surface area (TPSA) is 113 Å². The maximum Gasteiger partial charge on any atom is 0.239 e. The molecule has 160 valence electrons. The predicted octanol–water partition coefficient (Wildman–Crippen LogP) is 0.848. The molecule has 0 aromatic heterocycles. The van der Waals surface area contributed by atoms with E-state index >= 15 is 0 Å². The van der Waals surface area contributed by atoms with Crippen LogP contribution in [0.5, 0.6) is 0 Å². The Morgan fingerprint density at radius 2 is 1.63 bits per heavy atom. The van der Waals surface area contributed by atoms with E-state index in [0.717, 1.165) is 0 Å². The minimum atomic E-state index is -0.664.